The van der Waals surface area contributed by atoms with Gasteiger partial charge < -0.3 is 4.74 Å². The van der Waals surface area contributed by atoms with Crippen LogP contribution >= 0.6 is 27.3 Å². The standard InChI is InChI=1S/C9H12BrNO2S/c1-5(12)7-4-14-9(11-7)8(10)6(2)13-3/h4,6,8H,1-3H3. The summed E-state index contributed by atoms with van der Waals surface area (Å²) in [5.74, 6) is -0.00253. The summed E-state index contributed by atoms with van der Waals surface area (Å²) < 4.78 is 5.17. The van der Waals surface area contributed by atoms with Crippen LogP contribution in [0.1, 0.15) is 34.2 Å². The van der Waals surface area contributed by atoms with Crippen LogP contribution in [0.25, 0.3) is 0 Å². The number of alkyl halides is 1. The van der Waals surface area contributed by atoms with Crippen LogP contribution in [0.2, 0.25) is 0 Å². The zero-order valence-corrected chi connectivity index (χ0v) is 10.7. The molecule has 1 rings (SSSR count). The van der Waals surface area contributed by atoms with E-state index in [1.165, 1.54) is 18.3 Å². The Bertz CT molecular complexity index is 326. The van der Waals surface area contributed by atoms with Crippen LogP contribution in [0.4, 0.5) is 0 Å². The molecule has 0 aromatic carbocycles. The highest BCUT2D eigenvalue weighted by Gasteiger charge is 2.19. The lowest BCUT2D eigenvalue weighted by Gasteiger charge is -2.13. The minimum absolute atomic E-state index is 0.00253. The van der Waals surface area contributed by atoms with Crippen LogP contribution in [0.15, 0.2) is 5.38 Å². The van der Waals surface area contributed by atoms with Gasteiger partial charge in [0.15, 0.2) is 5.78 Å². The maximum Gasteiger partial charge on any atom is 0.178 e. The Kier molecular flexibility index (Phi) is 4.22. The molecule has 0 saturated carbocycles. The van der Waals surface area contributed by atoms with E-state index in [2.05, 4.69) is 20.9 Å². The van der Waals surface area contributed by atoms with Crippen molar-refractivity contribution in [1.29, 1.82) is 0 Å². The summed E-state index contributed by atoms with van der Waals surface area (Å²) in [5.41, 5.74) is 0.526. The van der Waals surface area contributed by atoms with E-state index in [1.807, 2.05) is 6.92 Å². The first-order valence-corrected chi connectivity index (χ1v) is 5.99. The minimum atomic E-state index is -0.00253. The second-order valence-corrected chi connectivity index (χ2v) is 4.85. The zero-order chi connectivity index (χ0) is 10.7. The number of aromatic nitrogens is 1. The third-order valence-corrected chi connectivity index (χ3v) is 4.31. The third kappa shape index (κ3) is 2.62. The molecule has 2 unspecified atom stereocenters. The van der Waals surface area contributed by atoms with E-state index in [0.29, 0.717) is 5.69 Å². The topological polar surface area (TPSA) is 39.2 Å². The van der Waals surface area contributed by atoms with Crippen molar-refractivity contribution in [1.82, 2.24) is 4.98 Å². The Morgan fingerprint density at radius 2 is 2.36 bits per heavy atom. The summed E-state index contributed by atoms with van der Waals surface area (Å²) in [4.78, 5) is 15.3. The summed E-state index contributed by atoms with van der Waals surface area (Å²) in [5, 5.41) is 2.65. The molecule has 1 aromatic rings. The number of hydrogen-bond acceptors (Lipinski definition) is 4. The fourth-order valence-electron chi connectivity index (χ4n) is 0.896. The summed E-state index contributed by atoms with van der Waals surface area (Å²) in [6.45, 7) is 3.47. The molecule has 0 bridgehead atoms. The summed E-state index contributed by atoms with van der Waals surface area (Å²) in [7, 11) is 1.65. The molecule has 0 aliphatic heterocycles. The molecule has 0 aliphatic carbocycles. The van der Waals surface area contributed by atoms with Gasteiger partial charge >= 0.3 is 0 Å². The van der Waals surface area contributed by atoms with E-state index in [4.69, 9.17) is 4.74 Å². The Morgan fingerprint density at radius 3 is 2.79 bits per heavy atom. The number of nitrogens with zero attached hydrogens (tertiary/aromatic N) is 1. The van der Waals surface area contributed by atoms with Gasteiger partial charge in [-0.1, -0.05) is 15.9 Å². The molecular formula is C9H12BrNO2S. The molecule has 0 spiro atoms. The van der Waals surface area contributed by atoms with Gasteiger partial charge in [-0.15, -0.1) is 11.3 Å². The van der Waals surface area contributed by atoms with E-state index in [9.17, 15) is 4.79 Å². The van der Waals surface area contributed by atoms with Gasteiger partial charge in [-0.2, -0.15) is 0 Å². The first kappa shape index (κ1) is 11.8. The van der Waals surface area contributed by atoms with Crippen molar-refractivity contribution in [2.24, 2.45) is 0 Å². The van der Waals surface area contributed by atoms with Gasteiger partial charge in [0.2, 0.25) is 0 Å². The monoisotopic (exact) mass is 277 g/mol. The maximum atomic E-state index is 11.0. The SMILES string of the molecule is COC(C)C(Br)c1nc(C(C)=O)cs1. The second-order valence-electron chi connectivity index (χ2n) is 2.97. The highest BCUT2D eigenvalue weighted by Crippen LogP contribution is 2.30. The summed E-state index contributed by atoms with van der Waals surface area (Å²) in [6.07, 6.45) is 0.0426. The number of hydrogen-bond donors (Lipinski definition) is 0. The minimum Gasteiger partial charge on any atom is -0.380 e. The van der Waals surface area contributed by atoms with Crippen LogP contribution in [0.3, 0.4) is 0 Å². The van der Waals surface area contributed by atoms with Crippen LogP contribution in [-0.4, -0.2) is 24.0 Å². The maximum absolute atomic E-state index is 11.0. The summed E-state index contributed by atoms with van der Waals surface area (Å²) >= 11 is 4.96. The predicted octanol–water partition coefficient (Wildman–Crippen LogP) is 2.82. The molecule has 0 aliphatic rings. The normalized spacial score (nSPS) is 15.1. The molecule has 5 heteroatoms. The molecule has 0 amide bonds. The van der Waals surface area contributed by atoms with Crippen molar-refractivity contribution in [2.45, 2.75) is 24.8 Å². The number of ketones is 1. The van der Waals surface area contributed by atoms with Crippen molar-refractivity contribution in [3.8, 4) is 0 Å². The van der Waals surface area contributed by atoms with Gasteiger partial charge in [-0.05, 0) is 6.92 Å². The number of Topliss-reactive ketones (excluding diaryl/α,β-unsaturated/α-hetero) is 1. The molecule has 1 heterocycles. The largest absolute Gasteiger partial charge is 0.380 e. The number of ether oxygens (including phenoxy) is 1. The van der Waals surface area contributed by atoms with E-state index < -0.39 is 0 Å². The van der Waals surface area contributed by atoms with E-state index in [-0.39, 0.29) is 16.7 Å². The van der Waals surface area contributed by atoms with Crippen molar-refractivity contribution in [3.63, 3.8) is 0 Å². The molecule has 14 heavy (non-hydrogen) atoms. The lowest BCUT2D eigenvalue weighted by atomic mass is 10.3. The average Bonchev–Trinajstić information content (AvgIpc) is 2.64. The molecule has 2 atom stereocenters. The first-order chi connectivity index (χ1) is 6.56. The first-order valence-electron chi connectivity index (χ1n) is 4.19. The van der Waals surface area contributed by atoms with E-state index >= 15 is 0 Å². The molecule has 0 N–H and O–H groups in total. The van der Waals surface area contributed by atoms with Crippen LogP contribution in [0, 0.1) is 0 Å². The molecule has 0 saturated heterocycles. The van der Waals surface area contributed by atoms with Gasteiger partial charge in [-0.25, -0.2) is 4.98 Å². The van der Waals surface area contributed by atoms with E-state index in [0.717, 1.165) is 5.01 Å². The number of halogens is 1. The Labute approximate surface area is 95.6 Å². The number of methoxy groups -OCH3 is 1. The molecule has 78 valence electrons. The van der Waals surface area contributed by atoms with Crippen LogP contribution < -0.4 is 0 Å². The number of rotatable bonds is 4. The number of carbonyl (C=O) groups is 1. The molecular weight excluding hydrogens is 266 g/mol. The molecule has 1 aromatic heterocycles. The zero-order valence-electron chi connectivity index (χ0n) is 8.28. The van der Waals surface area contributed by atoms with Gasteiger partial charge in [0, 0.05) is 19.4 Å². The average molecular weight is 278 g/mol. The van der Waals surface area contributed by atoms with Crippen LogP contribution in [0.5, 0.6) is 0 Å². The fourth-order valence-corrected chi connectivity index (χ4v) is 2.46. The molecule has 3 nitrogen and oxygen atoms in total. The Morgan fingerprint density at radius 1 is 1.71 bits per heavy atom. The highest BCUT2D eigenvalue weighted by atomic mass is 79.9. The Hall–Kier alpha value is -0.260. The lowest BCUT2D eigenvalue weighted by molar-refractivity contribution is 0.101. The highest BCUT2D eigenvalue weighted by molar-refractivity contribution is 9.09. The Balaban J connectivity index is 2.81. The van der Waals surface area contributed by atoms with E-state index in [1.54, 1.807) is 12.5 Å². The van der Waals surface area contributed by atoms with Crippen molar-refractivity contribution >= 4 is 33.0 Å². The number of thiazole rings is 1. The van der Waals surface area contributed by atoms with Gasteiger partial charge in [0.25, 0.3) is 0 Å². The van der Waals surface area contributed by atoms with Crippen molar-refractivity contribution in [3.05, 3.63) is 16.1 Å². The third-order valence-electron chi connectivity index (χ3n) is 1.90. The van der Waals surface area contributed by atoms with Crippen molar-refractivity contribution < 1.29 is 9.53 Å². The van der Waals surface area contributed by atoms with Gasteiger partial charge in [0.05, 0.1) is 10.9 Å². The van der Waals surface area contributed by atoms with Crippen LogP contribution in [-0.2, 0) is 4.74 Å². The fraction of sp³-hybridized carbons (Fsp3) is 0.556. The van der Waals surface area contributed by atoms with Gasteiger partial charge in [-0.3, -0.25) is 4.79 Å². The summed E-state index contributed by atoms with van der Waals surface area (Å²) in [6, 6.07) is 0. The van der Waals surface area contributed by atoms with Gasteiger partial charge in [0.1, 0.15) is 10.7 Å². The smallest absolute Gasteiger partial charge is 0.178 e. The molecule has 0 radical (unpaired) electrons. The van der Waals surface area contributed by atoms with Crippen molar-refractivity contribution in [2.75, 3.05) is 7.11 Å². The second kappa shape index (κ2) is 5.00. The predicted molar refractivity (Wildman–Crippen MR) is 60.3 cm³/mol. The number of carbonyl (C=O) groups excluding carboxylic acids is 1. The molecule has 0 fully saturated rings. The lowest BCUT2D eigenvalue weighted by Crippen LogP contribution is -2.11. The quantitative estimate of drug-likeness (QED) is 0.628.